The second-order valence-electron chi connectivity index (χ2n) is 5.13. The first-order chi connectivity index (χ1) is 10.5. The molecule has 2 rings (SSSR count). The zero-order chi connectivity index (χ0) is 16.1. The molecule has 5 nitrogen and oxygen atoms in total. The molecule has 0 aliphatic carbocycles. The van der Waals surface area contributed by atoms with Gasteiger partial charge in [0.1, 0.15) is 0 Å². The molecule has 0 radical (unpaired) electrons. The van der Waals surface area contributed by atoms with Gasteiger partial charge in [-0.25, -0.2) is 4.98 Å². The number of aromatic nitrogens is 1. The average Bonchev–Trinajstić information content (AvgIpc) is 2.49. The lowest BCUT2D eigenvalue weighted by Crippen LogP contribution is -2.15. The molecule has 22 heavy (non-hydrogen) atoms. The third kappa shape index (κ3) is 3.55. The highest BCUT2D eigenvalue weighted by atomic mass is 16.5. The minimum Gasteiger partial charge on any atom is -0.490 e. The van der Waals surface area contributed by atoms with E-state index in [1.54, 1.807) is 24.4 Å². The minimum absolute atomic E-state index is 0.201. The van der Waals surface area contributed by atoms with E-state index in [2.05, 4.69) is 10.3 Å². The van der Waals surface area contributed by atoms with Crippen LogP contribution in [0.15, 0.2) is 36.5 Å². The van der Waals surface area contributed by atoms with Gasteiger partial charge in [-0.2, -0.15) is 0 Å². The number of rotatable bonds is 5. The van der Waals surface area contributed by atoms with Crippen molar-refractivity contribution in [3.8, 4) is 5.75 Å². The van der Waals surface area contributed by atoms with Crippen molar-refractivity contribution in [1.82, 2.24) is 4.98 Å². The van der Waals surface area contributed by atoms with Gasteiger partial charge in [-0.05, 0) is 49.7 Å². The Morgan fingerprint density at radius 1 is 1.32 bits per heavy atom. The number of ether oxygens (including phenoxy) is 1. The highest BCUT2D eigenvalue weighted by Crippen LogP contribution is 2.23. The first kappa shape index (κ1) is 15.8. The molecule has 1 aromatic heterocycles. The minimum atomic E-state index is -0.201. The quantitative estimate of drug-likeness (QED) is 0.921. The molecule has 1 heterocycles. The van der Waals surface area contributed by atoms with Crippen molar-refractivity contribution in [2.75, 3.05) is 30.9 Å². The van der Waals surface area contributed by atoms with Crippen molar-refractivity contribution in [2.24, 2.45) is 0 Å². The number of carbonyl (C=O) groups is 1. The molecular weight excluding hydrogens is 278 g/mol. The molecule has 0 aliphatic rings. The molecule has 116 valence electrons. The van der Waals surface area contributed by atoms with Crippen LogP contribution in [0.2, 0.25) is 0 Å². The fourth-order valence-corrected chi connectivity index (χ4v) is 2.23. The Morgan fingerprint density at radius 2 is 2.09 bits per heavy atom. The van der Waals surface area contributed by atoms with Gasteiger partial charge in [0, 0.05) is 31.5 Å². The zero-order valence-electron chi connectivity index (χ0n) is 13.4. The van der Waals surface area contributed by atoms with Crippen molar-refractivity contribution < 1.29 is 9.53 Å². The zero-order valence-corrected chi connectivity index (χ0v) is 13.4. The van der Waals surface area contributed by atoms with Crippen molar-refractivity contribution in [3.05, 3.63) is 47.7 Å². The normalized spacial score (nSPS) is 10.2. The van der Waals surface area contributed by atoms with Crippen LogP contribution in [0.3, 0.4) is 0 Å². The van der Waals surface area contributed by atoms with E-state index < -0.39 is 0 Å². The summed E-state index contributed by atoms with van der Waals surface area (Å²) in [7, 11) is 3.95. The standard InChI is InChI=1S/C17H21N3O2/c1-5-22-15-7-6-10-18-16(15)19-17(21)13-8-9-14(20(3)4)12(2)11-13/h6-11H,5H2,1-4H3,(H,18,19,21). The maximum Gasteiger partial charge on any atom is 0.256 e. The Morgan fingerprint density at radius 3 is 2.73 bits per heavy atom. The van der Waals surface area contributed by atoms with Gasteiger partial charge < -0.3 is 15.0 Å². The average molecular weight is 299 g/mol. The van der Waals surface area contributed by atoms with E-state index >= 15 is 0 Å². The van der Waals surface area contributed by atoms with Gasteiger partial charge in [0.05, 0.1) is 6.61 Å². The number of aryl methyl sites for hydroxylation is 1. The number of hydrogen-bond acceptors (Lipinski definition) is 4. The Kier molecular flexibility index (Phi) is 4.99. The van der Waals surface area contributed by atoms with Crippen LogP contribution >= 0.6 is 0 Å². The molecule has 0 atom stereocenters. The Labute approximate surface area is 130 Å². The SMILES string of the molecule is CCOc1cccnc1NC(=O)c1ccc(N(C)C)c(C)c1. The van der Waals surface area contributed by atoms with Crippen LogP contribution in [-0.2, 0) is 0 Å². The fraction of sp³-hybridized carbons (Fsp3) is 0.294. The third-order valence-electron chi connectivity index (χ3n) is 3.24. The monoisotopic (exact) mass is 299 g/mol. The van der Waals surface area contributed by atoms with Gasteiger partial charge in [0.25, 0.3) is 5.91 Å². The van der Waals surface area contributed by atoms with Gasteiger partial charge in [0.15, 0.2) is 11.6 Å². The second-order valence-corrected chi connectivity index (χ2v) is 5.13. The molecular formula is C17H21N3O2. The molecule has 0 saturated carbocycles. The van der Waals surface area contributed by atoms with Crippen molar-refractivity contribution >= 4 is 17.4 Å². The maximum absolute atomic E-state index is 12.4. The van der Waals surface area contributed by atoms with E-state index in [1.165, 1.54) is 0 Å². The van der Waals surface area contributed by atoms with E-state index in [0.29, 0.717) is 23.7 Å². The summed E-state index contributed by atoms with van der Waals surface area (Å²) in [6, 6.07) is 9.17. The third-order valence-corrected chi connectivity index (χ3v) is 3.24. The maximum atomic E-state index is 12.4. The first-order valence-corrected chi connectivity index (χ1v) is 7.20. The molecule has 1 aromatic carbocycles. The summed E-state index contributed by atoms with van der Waals surface area (Å²) in [6.07, 6.45) is 1.62. The van der Waals surface area contributed by atoms with Gasteiger partial charge in [-0.1, -0.05) is 0 Å². The number of benzene rings is 1. The van der Waals surface area contributed by atoms with Gasteiger partial charge in [-0.3, -0.25) is 4.79 Å². The summed E-state index contributed by atoms with van der Waals surface area (Å²) in [5, 5.41) is 2.80. The molecule has 0 bridgehead atoms. The van der Waals surface area contributed by atoms with Crippen LogP contribution in [0, 0.1) is 6.92 Å². The molecule has 0 spiro atoms. The molecule has 0 fully saturated rings. The van der Waals surface area contributed by atoms with Gasteiger partial charge in [-0.15, -0.1) is 0 Å². The summed E-state index contributed by atoms with van der Waals surface area (Å²) >= 11 is 0. The van der Waals surface area contributed by atoms with Crippen molar-refractivity contribution in [2.45, 2.75) is 13.8 Å². The van der Waals surface area contributed by atoms with Crippen molar-refractivity contribution in [3.63, 3.8) is 0 Å². The molecule has 0 unspecified atom stereocenters. The lowest BCUT2D eigenvalue weighted by molar-refractivity contribution is 0.102. The molecule has 0 saturated heterocycles. The highest BCUT2D eigenvalue weighted by molar-refractivity contribution is 6.04. The van der Waals surface area contributed by atoms with E-state index in [0.717, 1.165) is 11.3 Å². The lowest BCUT2D eigenvalue weighted by atomic mass is 10.1. The molecule has 0 aliphatic heterocycles. The smallest absolute Gasteiger partial charge is 0.256 e. The lowest BCUT2D eigenvalue weighted by Gasteiger charge is -2.16. The number of nitrogens with zero attached hydrogens (tertiary/aromatic N) is 2. The number of nitrogens with one attached hydrogen (secondary N) is 1. The topological polar surface area (TPSA) is 54.5 Å². The van der Waals surface area contributed by atoms with E-state index in [4.69, 9.17) is 4.74 Å². The number of hydrogen-bond donors (Lipinski definition) is 1. The predicted octanol–water partition coefficient (Wildman–Crippen LogP) is 3.11. The van der Waals surface area contributed by atoms with Crippen LogP contribution < -0.4 is 15.0 Å². The van der Waals surface area contributed by atoms with Crippen LogP contribution in [-0.4, -0.2) is 31.6 Å². The van der Waals surface area contributed by atoms with Gasteiger partial charge in [0.2, 0.25) is 0 Å². The van der Waals surface area contributed by atoms with Crippen molar-refractivity contribution in [1.29, 1.82) is 0 Å². The fourth-order valence-electron chi connectivity index (χ4n) is 2.23. The van der Waals surface area contributed by atoms with E-state index in [1.807, 2.05) is 45.0 Å². The molecule has 1 N–H and O–H groups in total. The largest absolute Gasteiger partial charge is 0.490 e. The van der Waals surface area contributed by atoms with Crippen LogP contribution in [0.1, 0.15) is 22.8 Å². The summed E-state index contributed by atoms with van der Waals surface area (Å²) in [6.45, 7) is 4.39. The Hall–Kier alpha value is -2.56. The molecule has 2 aromatic rings. The summed E-state index contributed by atoms with van der Waals surface area (Å²) in [5.74, 6) is 0.803. The highest BCUT2D eigenvalue weighted by Gasteiger charge is 2.12. The summed E-state index contributed by atoms with van der Waals surface area (Å²) in [5.41, 5.74) is 2.73. The van der Waals surface area contributed by atoms with Crippen LogP contribution in [0.5, 0.6) is 5.75 Å². The molecule has 1 amide bonds. The predicted molar refractivity (Wildman–Crippen MR) is 88.9 cm³/mol. The van der Waals surface area contributed by atoms with Gasteiger partial charge >= 0.3 is 0 Å². The molecule has 5 heteroatoms. The first-order valence-electron chi connectivity index (χ1n) is 7.20. The Bertz CT molecular complexity index is 669. The number of amides is 1. The van der Waals surface area contributed by atoms with Crippen LogP contribution in [0.25, 0.3) is 0 Å². The van der Waals surface area contributed by atoms with E-state index in [9.17, 15) is 4.79 Å². The number of pyridine rings is 1. The summed E-state index contributed by atoms with van der Waals surface area (Å²) < 4.78 is 5.46. The number of anilines is 2. The second kappa shape index (κ2) is 6.93. The van der Waals surface area contributed by atoms with Crippen LogP contribution in [0.4, 0.5) is 11.5 Å². The number of carbonyl (C=O) groups excluding carboxylic acids is 1. The summed E-state index contributed by atoms with van der Waals surface area (Å²) in [4.78, 5) is 18.6. The Balaban J connectivity index is 2.21. The van der Waals surface area contributed by atoms with E-state index in [-0.39, 0.29) is 5.91 Å².